The van der Waals surface area contributed by atoms with Crippen molar-refractivity contribution in [2.75, 3.05) is 17.2 Å². The van der Waals surface area contributed by atoms with Crippen molar-refractivity contribution in [3.8, 4) is 0 Å². The summed E-state index contributed by atoms with van der Waals surface area (Å²) in [7, 11) is 0. The number of benzene rings is 1. The molecule has 4 nitrogen and oxygen atoms in total. The second-order valence-corrected chi connectivity index (χ2v) is 4.88. The van der Waals surface area contributed by atoms with Crippen LogP contribution in [0, 0.1) is 0 Å². The summed E-state index contributed by atoms with van der Waals surface area (Å²) in [5.74, 6) is -0.916. The molecule has 0 aliphatic rings. The first-order chi connectivity index (χ1) is 9.01. The molecule has 4 heteroatoms. The van der Waals surface area contributed by atoms with Crippen molar-refractivity contribution in [1.82, 2.24) is 0 Å². The van der Waals surface area contributed by atoms with E-state index in [1.165, 1.54) is 0 Å². The third-order valence-electron chi connectivity index (χ3n) is 3.46. The van der Waals surface area contributed by atoms with E-state index in [9.17, 15) is 4.79 Å². The van der Waals surface area contributed by atoms with E-state index < -0.39 is 5.97 Å². The molecule has 0 fully saturated rings. The molecule has 0 bridgehead atoms. The van der Waals surface area contributed by atoms with Gasteiger partial charge in [-0.15, -0.1) is 0 Å². The van der Waals surface area contributed by atoms with Gasteiger partial charge in [-0.2, -0.15) is 0 Å². The molecule has 19 heavy (non-hydrogen) atoms. The largest absolute Gasteiger partial charge is 0.478 e. The average Bonchev–Trinajstić information content (AvgIpc) is 2.40. The van der Waals surface area contributed by atoms with Crippen LogP contribution in [-0.2, 0) is 0 Å². The van der Waals surface area contributed by atoms with E-state index in [1.54, 1.807) is 18.2 Å². The summed E-state index contributed by atoms with van der Waals surface area (Å²) < 4.78 is 0. The second kappa shape index (κ2) is 7.02. The molecule has 1 aromatic carbocycles. The summed E-state index contributed by atoms with van der Waals surface area (Å²) in [6.45, 7) is 7.31. The quantitative estimate of drug-likeness (QED) is 0.741. The normalized spacial score (nSPS) is 12.2. The average molecular weight is 264 g/mol. The summed E-state index contributed by atoms with van der Waals surface area (Å²) in [6.07, 6.45) is 3.17. The zero-order chi connectivity index (χ0) is 14.4. The first-order valence-electron chi connectivity index (χ1n) is 6.90. The summed E-state index contributed by atoms with van der Waals surface area (Å²) in [5.41, 5.74) is 7.78. The highest BCUT2D eigenvalue weighted by atomic mass is 16.4. The Balaban J connectivity index is 3.12. The van der Waals surface area contributed by atoms with Crippen LogP contribution < -0.4 is 10.6 Å². The molecule has 1 unspecified atom stereocenters. The number of nitrogen functional groups attached to an aromatic ring is 1. The fraction of sp³-hybridized carbons (Fsp3) is 0.533. The third kappa shape index (κ3) is 3.88. The van der Waals surface area contributed by atoms with Crippen LogP contribution in [0.5, 0.6) is 0 Å². The topological polar surface area (TPSA) is 66.6 Å². The van der Waals surface area contributed by atoms with Crippen LogP contribution in [0.2, 0.25) is 0 Å². The monoisotopic (exact) mass is 264 g/mol. The van der Waals surface area contributed by atoms with Crippen LogP contribution in [-0.4, -0.2) is 23.7 Å². The van der Waals surface area contributed by atoms with Crippen LogP contribution in [0.1, 0.15) is 50.4 Å². The summed E-state index contributed by atoms with van der Waals surface area (Å²) in [5, 5.41) is 9.09. The minimum absolute atomic E-state index is 0.286. The zero-order valence-electron chi connectivity index (χ0n) is 12.0. The van der Waals surface area contributed by atoms with Gasteiger partial charge in [-0.1, -0.05) is 20.3 Å². The van der Waals surface area contributed by atoms with Gasteiger partial charge in [-0.25, -0.2) is 4.79 Å². The molecule has 0 aliphatic carbocycles. The maximum Gasteiger partial charge on any atom is 0.335 e. The van der Waals surface area contributed by atoms with Crippen molar-refractivity contribution < 1.29 is 9.90 Å². The Morgan fingerprint density at radius 2 is 2.11 bits per heavy atom. The number of anilines is 2. The second-order valence-electron chi connectivity index (χ2n) is 4.88. The van der Waals surface area contributed by atoms with E-state index in [1.807, 2.05) is 0 Å². The first-order valence-corrected chi connectivity index (χ1v) is 6.90. The lowest BCUT2D eigenvalue weighted by molar-refractivity contribution is 0.0697. The Kier molecular flexibility index (Phi) is 5.67. The van der Waals surface area contributed by atoms with Gasteiger partial charge in [0.15, 0.2) is 0 Å². The predicted molar refractivity (Wildman–Crippen MR) is 79.8 cm³/mol. The summed E-state index contributed by atoms with van der Waals surface area (Å²) in [4.78, 5) is 13.3. The molecular weight excluding hydrogens is 240 g/mol. The molecule has 106 valence electrons. The number of carboxylic acid groups (broad SMARTS) is 1. The van der Waals surface area contributed by atoms with Crippen LogP contribution in [0.4, 0.5) is 11.4 Å². The SMILES string of the molecule is CCCCN(c1cc(C(=O)O)ccc1N)C(C)CC. The number of unbranched alkanes of at least 4 members (excludes halogenated alkanes) is 1. The fourth-order valence-electron chi connectivity index (χ4n) is 2.05. The van der Waals surface area contributed by atoms with Crippen LogP contribution >= 0.6 is 0 Å². The molecule has 1 atom stereocenters. The van der Waals surface area contributed by atoms with E-state index in [2.05, 4.69) is 25.7 Å². The lowest BCUT2D eigenvalue weighted by Crippen LogP contribution is -2.34. The molecule has 0 aromatic heterocycles. The number of hydrogen-bond acceptors (Lipinski definition) is 3. The lowest BCUT2D eigenvalue weighted by Gasteiger charge is -2.32. The maximum atomic E-state index is 11.1. The highest BCUT2D eigenvalue weighted by Gasteiger charge is 2.17. The van der Waals surface area contributed by atoms with Crippen molar-refractivity contribution in [2.45, 2.75) is 46.1 Å². The minimum Gasteiger partial charge on any atom is -0.478 e. The minimum atomic E-state index is -0.916. The fourth-order valence-corrected chi connectivity index (χ4v) is 2.05. The number of carboxylic acids is 1. The van der Waals surface area contributed by atoms with Gasteiger partial charge in [0.1, 0.15) is 0 Å². The van der Waals surface area contributed by atoms with Gasteiger partial charge in [0, 0.05) is 12.6 Å². The van der Waals surface area contributed by atoms with Gasteiger partial charge in [-0.3, -0.25) is 0 Å². The number of carbonyl (C=O) groups is 1. The highest BCUT2D eigenvalue weighted by molar-refractivity contribution is 5.90. The van der Waals surface area contributed by atoms with Crippen molar-refractivity contribution in [1.29, 1.82) is 0 Å². The van der Waals surface area contributed by atoms with Gasteiger partial charge < -0.3 is 15.7 Å². The summed E-state index contributed by atoms with van der Waals surface area (Å²) >= 11 is 0. The van der Waals surface area contributed by atoms with Crippen molar-refractivity contribution in [3.05, 3.63) is 23.8 Å². The van der Waals surface area contributed by atoms with Crippen molar-refractivity contribution in [2.24, 2.45) is 0 Å². The molecule has 0 saturated heterocycles. The van der Waals surface area contributed by atoms with Crippen LogP contribution in [0.25, 0.3) is 0 Å². The van der Waals surface area contributed by atoms with E-state index in [0.29, 0.717) is 11.7 Å². The maximum absolute atomic E-state index is 11.1. The van der Waals surface area contributed by atoms with E-state index in [4.69, 9.17) is 10.8 Å². The number of rotatable bonds is 7. The number of hydrogen-bond donors (Lipinski definition) is 2. The number of nitrogens with two attached hydrogens (primary N) is 1. The predicted octanol–water partition coefficient (Wildman–Crippen LogP) is 3.37. The standard InChI is InChI=1S/C15H24N2O2/c1-4-6-9-17(11(3)5-2)14-10-12(15(18)19)7-8-13(14)16/h7-8,10-11H,4-6,9,16H2,1-3H3,(H,18,19). The number of nitrogens with zero attached hydrogens (tertiary/aromatic N) is 1. The lowest BCUT2D eigenvalue weighted by atomic mass is 10.1. The molecule has 3 N–H and O–H groups in total. The Morgan fingerprint density at radius 1 is 1.42 bits per heavy atom. The summed E-state index contributed by atoms with van der Waals surface area (Å²) in [6, 6.07) is 5.26. The van der Waals surface area contributed by atoms with E-state index in [0.717, 1.165) is 31.5 Å². The number of aromatic carboxylic acids is 1. The van der Waals surface area contributed by atoms with Gasteiger partial charge in [0.2, 0.25) is 0 Å². The Labute approximate surface area is 115 Å². The van der Waals surface area contributed by atoms with Crippen molar-refractivity contribution in [3.63, 3.8) is 0 Å². The van der Waals surface area contributed by atoms with E-state index in [-0.39, 0.29) is 5.56 Å². The van der Waals surface area contributed by atoms with Crippen molar-refractivity contribution >= 4 is 17.3 Å². The smallest absolute Gasteiger partial charge is 0.335 e. The van der Waals surface area contributed by atoms with Gasteiger partial charge in [0.25, 0.3) is 0 Å². The molecule has 1 rings (SSSR count). The molecular formula is C15H24N2O2. The molecule has 1 aromatic rings. The molecule has 0 heterocycles. The molecule has 0 aliphatic heterocycles. The molecule has 0 saturated carbocycles. The molecule has 0 spiro atoms. The molecule has 0 amide bonds. The Hall–Kier alpha value is -1.71. The Bertz CT molecular complexity index is 432. The first kappa shape index (κ1) is 15.3. The van der Waals surface area contributed by atoms with Gasteiger partial charge in [-0.05, 0) is 38.0 Å². The zero-order valence-corrected chi connectivity index (χ0v) is 12.0. The molecule has 0 radical (unpaired) electrons. The van der Waals surface area contributed by atoms with Gasteiger partial charge >= 0.3 is 5.97 Å². The van der Waals surface area contributed by atoms with Gasteiger partial charge in [0.05, 0.1) is 16.9 Å². The van der Waals surface area contributed by atoms with E-state index >= 15 is 0 Å². The third-order valence-corrected chi connectivity index (χ3v) is 3.46. The Morgan fingerprint density at radius 3 is 2.63 bits per heavy atom. The van der Waals surface area contributed by atoms with Crippen LogP contribution in [0.3, 0.4) is 0 Å². The van der Waals surface area contributed by atoms with Crippen LogP contribution in [0.15, 0.2) is 18.2 Å². The highest BCUT2D eigenvalue weighted by Crippen LogP contribution is 2.27.